The fourth-order valence-electron chi connectivity index (χ4n) is 3.41. The Morgan fingerprint density at radius 3 is 2.68 bits per heavy atom. The second-order valence-electron chi connectivity index (χ2n) is 7.04. The van der Waals surface area contributed by atoms with Gasteiger partial charge in [-0.15, -0.1) is 11.3 Å². The Labute approximate surface area is 168 Å². The summed E-state index contributed by atoms with van der Waals surface area (Å²) in [5, 5.41) is 3.40. The van der Waals surface area contributed by atoms with Gasteiger partial charge in [-0.3, -0.25) is 9.59 Å². The van der Waals surface area contributed by atoms with Crippen LogP contribution in [0.15, 0.2) is 18.2 Å². The number of esters is 1. The number of thiophene rings is 1. The molecule has 0 unspecified atom stereocenters. The number of anilines is 1. The number of hydrogen-bond donors (Lipinski definition) is 1. The highest BCUT2D eigenvalue weighted by Gasteiger charge is 2.30. The maximum absolute atomic E-state index is 12.7. The van der Waals surface area contributed by atoms with Crippen LogP contribution < -0.4 is 5.32 Å². The standard InChI is InChI=1S/C21H24N2O4S/c1-12-5-6-13(2)15(9-12)10-18(25)22-20-19(21(26)27-4)16-7-8-23(14(3)24)11-17(16)28-20/h5-6,9H,7-8,10-11H2,1-4H3,(H,22,25). The highest BCUT2D eigenvalue weighted by atomic mass is 32.1. The largest absolute Gasteiger partial charge is 0.465 e. The number of ether oxygens (including phenoxy) is 1. The van der Waals surface area contributed by atoms with Crippen molar-refractivity contribution in [2.75, 3.05) is 19.0 Å². The third-order valence-corrected chi connectivity index (χ3v) is 6.13. The molecule has 0 saturated carbocycles. The summed E-state index contributed by atoms with van der Waals surface area (Å²) in [6.45, 7) is 6.50. The summed E-state index contributed by atoms with van der Waals surface area (Å²) < 4.78 is 4.95. The number of amides is 2. The van der Waals surface area contributed by atoms with Crippen molar-refractivity contribution in [3.05, 3.63) is 50.9 Å². The quantitative estimate of drug-likeness (QED) is 0.800. The van der Waals surface area contributed by atoms with Crippen LogP contribution in [0.5, 0.6) is 0 Å². The Balaban J connectivity index is 1.87. The third-order valence-electron chi connectivity index (χ3n) is 5.00. The molecule has 1 aliphatic heterocycles. The minimum atomic E-state index is -0.462. The normalized spacial score (nSPS) is 13.1. The molecule has 2 amide bonds. The fourth-order valence-corrected chi connectivity index (χ4v) is 4.68. The van der Waals surface area contributed by atoms with Crippen LogP contribution in [-0.2, 0) is 33.7 Å². The highest BCUT2D eigenvalue weighted by molar-refractivity contribution is 7.17. The maximum Gasteiger partial charge on any atom is 0.341 e. The second kappa shape index (κ2) is 8.14. The highest BCUT2D eigenvalue weighted by Crippen LogP contribution is 2.37. The van der Waals surface area contributed by atoms with Gasteiger partial charge < -0.3 is 15.0 Å². The Bertz CT molecular complexity index is 948. The number of methoxy groups -OCH3 is 1. The SMILES string of the molecule is COC(=O)c1c(NC(=O)Cc2cc(C)ccc2C)sc2c1CCN(C(C)=O)C2. The van der Waals surface area contributed by atoms with E-state index < -0.39 is 5.97 Å². The summed E-state index contributed by atoms with van der Waals surface area (Å²) in [5.41, 5.74) is 4.40. The number of benzene rings is 1. The topological polar surface area (TPSA) is 75.7 Å². The average molecular weight is 401 g/mol. The zero-order valence-electron chi connectivity index (χ0n) is 16.5. The van der Waals surface area contributed by atoms with Crippen molar-refractivity contribution in [1.29, 1.82) is 0 Å². The predicted molar refractivity (Wildman–Crippen MR) is 109 cm³/mol. The lowest BCUT2D eigenvalue weighted by molar-refractivity contribution is -0.129. The minimum absolute atomic E-state index is 0.000763. The molecule has 0 radical (unpaired) electrons. The molecule has 6 nitrogen and oxygen atoms in total. The molecule has 2 aromatic rings. The van der Waals surface area contributed by atoms with Gasteiger partial charge >= 0.3 is 5.97 Å². The van der Waals surface area contributed by atoms with Crippen molar-refractivity contribution in [3.8, 4) is 0 Å². The molecule has 0 fully saturated rings. The molecule has 28 heavy (non-hydrogen) atoms. The van der Waals surface area contributed by atoms with E-state index in [0.29, 0.717) is 30.1 Å². The van der Waals surface area contributed by atoms with Gasteiger partial charge in [0.25, 0.3) is 0 Å². The van der Waals surface area contributed by atoms with Gasteiger partial charge in [-0.25, -0.2) is 4.79 Å². The van der Waals surface area contributed by atoms with Crippen LogP contribution in [0.1, 0.15) is 44.4 Å². The van der Waals surface area contributed by atoms with Crippen LogP contribution in [0.4, 0.5) is 5.00 Å². The van der Waals surface area contributed by atoms with Gasteiger partial charge in [-0.1, -0.05) is 23.8 Å². The van der Waals surface area contributed by atoms with Crippen LogP contribution >= 0.6 is 11.3 Å². The van der Waals surface area contributed by atoms with Crippen LogP contribution in [-0.4, -0.2) is 36.3 Å². The van der Waals surface area contributed by atoms with Gasteiger partial charge in [0.05, 0.1) is 25.6 Å². The predicted octanol–water partition coefficient (Wildman–Crippen LogP) is 3.24. The fraction of sp³-hybridized carbons (Fsp3) is 0.381. The molecule has 0 saturated heterocycles. The summed E-state index contributed by atoms with van der Waals surface area (Å²) in [7, 11) is 1.33. The van der Waals surface area contributed by atoms with Gasteiger partial charge in [-0.2, -0.15) is 0 Å². The Hall–Kier alpha value is -2.67. The Kier molecular flexibility index (Phi) is 5.84. The summed E-state index contributed by atoms with van der Waals surface area (Å²) in [4.78, 5) is 39.4. The Morgan fingerprint density at radius 1 is 1.25 bits per heavy atom. The lowest BCUT2D eigenvalue weighted by Crippen LogP contribution is -2.33. The summed E-state index contributed by atoms with van der Waals surface area (Å²) >= 11 is 1.35. The number of aryl methyl sites for hydroxylation is 2. The number of fused-ring (bicyclic) bond motifs is 1. The van der Waals surface area contributed by atoms with E-state index in [0.717, 1.165) is 27.1 Å². The van der Waals surface area contributed by atoms with Crippen molar-refractivity contribution in [2.45, 2.75) is 40.2 Å². The molecule has 1 aliphatic rings. The number of rotatable bonds is 4. The van der Waals surface area contributed by atoms with Crippen LogP contribution in [0.3, 0.4) is 0 Å². The second-order valence-corrected chi connectivity index (χ2v) is 8.15. The number of nitrogens with one attached hydrogen (secondary N) is 1. The summed E-state index contributed by atoms with van der Waals surface area (Å²) in [5.74, 6) is -0.643. The lowest BCUT2D eigenvalue weighted by Gasteiger charge is -2.25. The smallest absolute Gasteiger partial charge is 0.341 e. The average Bonchev–Trinajstić information content (AvgIpc) is 3.00. The van der Waals surface area contributed by atoms with Crippen LogP contribution in [0.25, 0.3) is 0 Å². The number of carbonyl (C=O) groups excluding carboxylic acids is 3. The molecule has 0 bridgehead atoms. The molecule has 1 N–H and O–H groups in total. The maximum atomic E-state index is 12.7. The van der Waals surface area contributed by atoms with E-state index in [1.807, 2.05) is 32.0 Å². The minimum Gasteiger partial charge on any atom is -0.465 e. The molecule has 0 atom stereocenters. The van der Waals surface area contributed by atoms with E-state index in [4.69, 9.17) is 4.74 Å². The van der Waals surface area contributed by atoms with E-state index in [2.05, 4.69) is 5.32 Å². The van der Waals surface area contributed by atoms with Crippen molar-refractivity contribution < 1.29 is 19.1 Å². The van der Waals surface area contributed by atoms with Gasteiger partial charge in [0.15, 0.2) is 0 Å². The molecular weight excluding hydrogens is 376 g/mol. The first kappa shape index (κ1) is 20.1. The molecule has 1 aromatic heterocycles. The first-order valence-electron chi connectivity index (χ1n) is 9.14. The lowest BCUT2D eigenvalue weighted by atomic mass is 10.0. The third kappa shape index (κ3) is 4.09. The molecule has 0 spiro atoms. The van der Waals surface area contributed by atoms with Gasteiger partial charge in [0.1, 0.15) is 5.00 Å². The summed E-state index contributed by atoms with van der Waals surface area (Å²) in [6.07, 6.45) is 0.805. The number of nitrogens with zero attached hydrogens (tertiary/aromatic N) is 1. The van der Waals surface area contributed by atoms with Crippen molar-refractivity contribution >= 4 is 34.1 Å². The van der Waals surface area contributed by atoms with E-state index in [1.165, 1.54) is 25.4 Å². The van der Waals surface area contributed by atoms with Gasteiger partial charge in [-0.05, 0) is 37.0 Å². The molecule has 1 aromatic carbocycles. The molecule has 0 aliphatic carbocycles. The Morgan fingerprint density at radius 2 is 2.00 bits per heavy atom. The molecule has 7 heteroatoms. The zero-order chi connectivity index (χ0) is 20.4. The first-order chi connectivity index (χ1) is 13.3. The molecule has 2 heterocycles. The monoisotopic (exact) mass is 400 g/mol. The zero-order valence-corrected chi connectivity index (χ0v) is 17.4. The molecule has 148 valence electrons. The van der Waals surface area contributed by atoms with E-state index in [1.54, 1.807) is 4.90 Å². The van der Waals surface area contributed by atoms with E-state index in [9.17, 15) is 14.4 Å². The van der Waals surface area contributed by atoms with Crippen molar-refractivity contribution in [3.63, 3.8) is 0 Å². The van der Waals surface area contributed by atoms with Crippen LogP contribution in [0, 0.1) is 13.8 Å². The van der Waals surface area contributed by atoms with E-state index in [-0.39, 0.29) is 18.2 Å². The van der Waals surface area contributed by atoms with E-state index >= 15 is 0 Å². The summed E-state index contributed by atoms with van der Waals surface area (Å²) in [6, 6.07) is 6.01. The van der Waals surface area contributed by atoms with Crippen molar-refractivity contribution in [2.24, 2.45) is 0 Å². The van der Waals surface area contributed by atoms with Gasteiger partial charge in [0.2, 0.25) is 11.8 Å². The number of carbonyl (C=O) groups is 3. The first-order valence-corrected chi connectivity index (χ1v) is 9.96. The van der Waals surface area contributed by atoms with Gasteiger partial charge in [0, 0.05) is 18.3 Å². The molecule has 3 rings (SSSR count). The number of hydrogen-bond acceptors (Lipinski definition) is 5. The van der Waals surface area contributed by atoms with Crippen molar-refractivity contribution in [1.82, 2.24) is 4.90 Å². The molecular formula is C21H24N2O4S. The van der Waals surface area contributed by atoms with Crippen LogP contribution in [0.2, 0.25) is 0 Å².